The van der Waals surface area contributed by atoms with E-state index in [1.807, 2.05) is 12.1 Å². The number of hydrogen-bond donors (Lipinski definition) is 0. The third-order valence-corrected chi connectivity index (χ3v) is 4.09. The van der Waals surface area contributed by atoms with Gasteiger partial charge in [-0.2, -0.15) is 0 Å². The van der Waals surface area contributed by atoms with Crippen LogP contribution in [0.15, 0.2) is 36.4 Å². The van der Waals surface area contributed by atoms with Crippen LogP contribution in [0.2, 0.25) is 0 Å². The van der Waals surface area contributed by atoms with Gasteiger partial charge in [0.15, 0.2) is 0 Å². The van der Waals surface area contributed by atoms with Crippen molar-refractivity contribution in [3.05, 3.63) is 58.7 Å². The summed E-state index contributed by atoms with van der Waals surface area (Å²) < 4.78 is 10.6. The van der Waals surface area contributed by atoms with E-state index < -0.39 is 11.9 Å². The number of esters is 2. The molecule has 128 valence electrons. The summed E-state index contributed by atoms with van der Waals surface area (Å²) in [5.41, 5.74) is 2.30. The summed E-state index contributed by atoms with van der Waals surface area (Å²) >= 11 is 0. The highest BCUT2D eigenvalue weighted by Gasteiger charge is 2.30. The molecule has 0 unspecified atom stereocenters. The first-order valence-corrected chi connectivity index (χ1v) is 8.25. The molecule has 0 spiro atoms. The normalized spacial score (nSPS) is 12.2. The quantitative estimate of drug-likeness (QED) is 0.538. The molecule has 0 radical (unpaired) electrons. The lowest BCUT2D eigenvalue weighted by atomic mass is 9.84. The molecule has 25 heavy (non-hydrogen) atoms. The highest BCUT2D eigenvalue weighted by molar-refractivity contribution is 6.16. The molecule has 0 aliphatic heterocycles. The predicted octanol–water partition coefficient (Wildman–Crippen LogP) is 3.45. The van der Waals surface area contributed by atoms with E-state index in [0.29, 0.717) is 17.5 Å². The first-order valence-electron chi connectivity index (χ1n) is 8.25. The molecule has 1 aliphatic rings. The van der Waals surface area contributed by atoms with E-state index in [9.17, 15) is 14.4 Å². The molecular formula is C20H18O5. The van der Waals surface area contributed by atoms with Gasteiger partial charge in [-0.05, 0) is 29.7 Å². The first kappa shape index (κ1) is 16.9. The average Bonchev–Trinajstić information content (AvgIpc) is 2.61. The molecule has 0 heterocycles. The zero-order valence-corrected chi connectivity index (χ0v) is 14.1. The number of fused-ring (bicyclic) bond motifs is 2. The molecule has 0 saturated heterocycles. The van der Waals surface area contributed by atoms with Crippen molar-refractivity contribution in [3.63, 3.8) is 0 Å². The fraction of sp³-hybridized carbons (Fsp3) is 0.250. The highest BCUT2D eigenvalue weighted by atomic mass is 16.5. The maximum Gasteiger partial charge on any atom is 0.310 e. The number of ketones is 1. The van der Waals surface area contributed by atoms with Crippen LogP contribution in [0.1, 0.15) is 53.7 Å². The van der Waals surface area contributed by atoms with E-state index in [0.717, 1.165) is 11.1 Å². The van der Waals surface area contributed by atoms with Gasteiger partial charge in [0.1, 0.15) is 11.5 Å². The monoisotopic (exact) mass is 338 g/mol. The van der Waals surface area contributed by atoms with Crippen LogP contribution in [0.4, 0.5) is 0 Å². The maximum absolute atomic E-state index is 13.1. The van der Waals surface area contributed by atoms with Crippen molar-refractivity contribution in [2.75, 3.05) is 0 Å². The molecule has 0 aromatic heterocycles. The Morgan fingerprint density at radius 2 is 1.28 bits per heavy atom. The van der Waals surface area contributed by atoms with E-state index >= 15 is 0 Å². The van der Waals surface area contributed by atoms with Crippen molar-refractivity contribution in [2.24, 2.45) is 0 Å². The summed E-state index contributed by atoms with van der Waals surface area (Å²) in [5.74, 6) is -0.612. The van der Waals surface area contributed by atoms with Gasteiger partial charge in [-0.25, -0.2) is 0 Å². The number of ether oxygens (including phenoxy) is 2. The summed E-state index contributed by atoms with van der Waals surface area (Å²) in [6, 6.07) is 10.4. The summed E-state index contributed by atoms with van der Waals surface area (Å²) in [6.45, 7) is 3.38. The Bertz CT molecular complexity index is 797. The van der Waals surface area contributed by atoms with Gasteiger partial charge in [0.2, 0.25) is 5.78 Å². The third kappa shape index (κ3) is 3.18. The Balaban J connectivity index is 2.08. The van der Waals surface area contributed by atoms with Crippen LogP contribution in [0.25, 0.3) is 0 Å². The summed E-state index contributed by atoms with van der Waals surface area (Å²) in [5, 5.41) is 0. The topological polar surface area (TPSA) is 69.7 Å². The van der Waals surface area contributed by atoms with Gasteiger partial charge in [-0.15, -0.1) is 0 Å². The molecule has 1 aliphatic carbocycles. The Kier molecular flexibility index (Phi) is 4.65. The van der Waals surface area contributed by atoms with Crippen molar-refractivity contribution in [2.45, 2.75) is 33.1 Å². The van der Waals surface area contributed by atoms with Crippen LogP contribution >= 0.6 is 0 Å². The maximum atomic E-state index is 13.1. The lowest BCUT2D eigenvalue weighted by Crippen LogP contribution is -2.20. The molecular weight excluding hydrogens is 320 g/mol. The lowest BCUT2D eigenvalue weighted by molar-refractivity contribution is -0.134. The molecule has 2 aromatic rings. The zero-order chi connectivity index (χ0) is 18.0. The third-order valence-electron chi connectivity index (χ3n) is 4.09. The van der Waals surface area contributed by atoms with Gasteiger partial charge in [-0.3, -0.25) is 14.4 Å². The number of carbonyl (C=O) groups is 3. The van der Waals surface area contributed by atoms with Crippen molar-refractivity contribution in [1.29, 1.82) is 0 Å². The van der Waals surface area contributed by atoms with Crippen LogP contribution in [0.3, 0.4) is 0 Å². The van der Waals surface area contributed by atoms with Gasteiger partial charge in [-0.1, -0.05) is 38.1 Å². The Hall–Kier alpha value is -2.95. The largest absolute Gasteiger partial charge is 0.426 e. The summed E-state index contributed by atoms with van der Waals surface area (Å²) in [4.78, 5) is 36.4. The second-order valence-corrected chi connectivity index (χ2v) is 5.74. The molecule has 3 rings (SSSR count). The van der Waals surface area contributed by atoms with Crippen molar-refractivity contribution >= 4 is 17.7 Å². The Morgan fingerprint density at radius 3 is 1.68 bits per heavy atom. The summed E-state index contributed by atoms with van der Waals surface area (Å²) in [6.07, 6.45) is 0.938. The molecule has 0 amide bonds. The first-order chi connectivity index (χ1) is 12.0. The average molecular weight is 338 g/mol. The van der Waals surface area contributed by atoms with E-state index in [1.165, 1.54) is 0 Å². The van der Waals surface area contributed by atoms with E-state index in [4.69, 9.17) is 9.47 Å². The smallest absolute Gasteiger partial charge is 0.310 e. The molecule has 5 nitrogen and oxygen atoms in total. The number of rotatable bonds is 4. The molecule has 0 fully saturated rings. The van der Waals surface area contributed by atoms with E-state index in [2.05, 4.69) is 0 Å². The minimum atomic E-state index is -0.405. The van der Waals surface area contributed by atoms with Gasteiger partial charge < -0.3 is 9.47 Å². The second kappa shape index (κ2) is 6.89. The van der Waals surface area contributed by atoms with E-state index in [-0.39, 0.29) is 30.1 Å². The Labute approximate surface area is 145 Å². The lowest BCUT2D eigenvalue weighted by Gasteiger charge is -2.22. The van der Waals surface area contributed by atoms with Gasteiger partial charge in [0.25, 0.3) is 0 Å². The van der Waals surface area contributed by atoms with Crippen LogP contribution in [0, 0.1) is 0 Å². The number of hydrogen-bond acceptors (Lipinski definition) is 5. The minimum Gasteiger partial charge on any atom is -0.426 e. The van der Waals surface area contributed by atoms with Crippen LogP contribution in [-0.4, -0.2) is 17.7 Å². The van der Waals surface area contributed by atoms with Gasteiger partial charge >= 0.3 is 11.9 Å². The van der Waals surface area contributed by atoms with Crippen molar-refractivity contribution < 1.29 is 23.9 Å². The van der Waals surface area contributed by atoms with E-state index in [1.54, 1.807) is 38.1 Å². The number of benzene rings is 2. The SMILES string of the molecule is CCC(=O)Oc1cccc2c1C(=O)c1c(cccc1OC(=O)CC)C2. The molecule has 2 aromatic carbocycles. The molecule has 0 atom stereocenters. The minimum absolute atomic E-state index is 0.216. The van der Waals surface area contributed by atoms with Crippen LogP contribution < -0.4 is 9.47 Å². The zero-order valence-electron chi connectivity index (χ0n) is 14.1. The predicted molar refractivity (Wildman–Crippen MR) is 91.0 cm³/mol. The van der Waals surface area contributed by atoms with Crippen LogP contribution in [-0.2, 0) is 16.0 Å². The fourth-order valence-electron chi connectivity index (χ4n) is 2.85. The van der Waals surface area contributed by atoms with Crippen LogP contribution in [0.5, 0.6) is 11.5 Å². The molecule has 0 saturated carbocycles. The highest BCUT2D eigenvalue weighted by Crippen LogP contribution is 2.37. The standard InChI is InChI=1S/C20H18O5/c1-3-16(21)24-14-9-5-7-12-11-13-8-6-10-15(25-17(22)4-2)19(13)20(23)18(12)14/h5-10H,3-4,11H2,1-2H3. The second-order valence-electron chi connectivity index (χ2n) is 5.74. The molecule has 5 heteroatoms. The number of carbonyl (C=O) groups excluding carboxylic acids is 3. The molecule has 0 N–H and O–H groups in total. The van der Waals surface area contributed by atoms with Crippen molar-refractivity contribution in [3.8, 4) is 11.5 Å². The van der Waals surface area contributed by atoms with Gasteiger partial charge in [0, 0.05) is 12.8 Å². The Morgan fingerprint density at radius 1 is 0.840 bits per heavy atom. The van der Waals surface area contributed by atoms with Crippen molar-refractivity contribution in [1.82, 2.24) is 0 Å². The molecule has 0 bridgehead atoms. The summed E-state index contributed by atoms with van der Waals surface area (Å²) in [7, 11) is 0. The fourth-order valence-corrected chi connectivity index (χ4v) is 2.85. The van der Waals surface area contributed by atoms with Gasteiger partial charge in [0.05, 0.1) is 11.1 Å².